The monoisotopic (exact) mass is 340 g/mol. The highest BCUT2D eigenvalue weighted by atomic mass is 19.1. The Morgan fingerprint density at radius 2 is 1.92 bits per heavy atom. The van der Waals surface area contributed by atoms with E-state index in [1.807, 2.05) is 12.1 Å². The van der Waals surface area contributed by atoms with E-state index in [0.717, 1.165) is 6.07 Å². The van der Waals surface area contributed by atoms with Crippen molar-refractivity contribution in [3.8, 4) is 6.07 Å². The predicted octanol–water partition coefficient (Wildman–Crippen LogP) is 2.28. The van der Waals surface area contributed by atoms with Gasteiger partial charge in [0.15, 0.2) is 0 Å². The first-order chi connectivity index (χ1) is 12.0. The van der Waals surface area contributed by atoms with E-state index < -0.39 is 11.7 Å². The number of nitrogens with two attached hydrogens (primary N) is 1. The number of anilines is 2. The fourth-order valence-electron chi connectivity index (χ4n) is 2.27. The summed E-state index contributed by atoms with van der Waals surface area (Å²) in [5.41, 5.74) is 5.87. The molecule has 3 N–H and O–H groups in total. The molecule has 7 heteroatoms. The van der Waals surface area contributed by atoms with E-state index in [-0.39, 0.29) is 31.0 Å². The van der Waals surface area contributed by atoms with Crippen LogP contribution in [0.3, 0.4) is 0 Å². The first-order valence-electron chi connectivity index (χ1n) is 7.58. The summed E-state index contributed by atoms with van der Waals surface area (Å²) in [6.07, 6.45) is 0.197. The summed E-state index contributed by atoms with van der Waals surface area (Å²) in [5, 5.41) is 11.6. The lowest BCUT2D eigenvalue weighted by molar-refractivity contribution is -0.117. The molecule has 2 aromatic carbocycles. The van der Waals surface area contributed by atoms with Gasteiger partial charge in [0.2, 0.25) is 5.91 Å². The van der Waals surface area contributed by atoms with Gasteiger partial charge < -0.3 is 16.0 Å². The van der Waals surface area contributed by atoms with Crippen LogP contribution in [0.4, 0.5) is 15.8 Å². The molecule has 0 aromatic heterocycles. The minimum atomic E-state index is -0.855. The molecule has 2 amide bonds. The molecule has 0 heterocycles. The van der Waals surface area contributed by atoms with Gasteiger partial charge in [-0.25, -0.2) is 4.39 Å². The zero-order valence-corrected chi connectivity index (χ0v) is 13.4. The smallest absolute Gasteiger partial charge is 0.251 e. The Hall–Kier alpha value is -3.40. The number of nitrogens with one attached hydrogen (secondary N) is 1. The molecule has 0 aliphatic rings. The average Bonchev–Trinajstić information content (AvgIpc) is 2.61. The molecule has 0 radical (unpaired) electrons. The summed E-state index contributed by atoms with van der Waals surface area (Å²) in [6.45, 7) is 0.172. The van der Waals surface area contributed by atoms with Crippen molar-refractivity contribution >= 4 is 23.2 Å². The number of halogens is 1. The van der Waals surface area contributed by atoms with E-state index in [1.165, 1.54) is 17.0 Å². The van der Waals surface area contributed by atoms with Gasteiger partial charge in [-0.1, -0.05) is 18.2 Å². The first kappa shape index (κ1) is 17.9. The third-order valence-corrected chi connectivity index (χ3v) is 3.49. The standard InChI is InChI=1S/C18H17FN4O2/c19-16-11-13(7-8-15(16)18(21)25)22-12-17(24)23(10-4-9-20)14-5-2-1-3-6-14/h1-3,5-8,11,22H,4,10,12H2,(H2,21,25). The maximum absolute atomic E-state index is 13.7. The number of carbonyl (C=O) groups excluding carboxylic acids is 2. The second-order valence-corrected chi connectivity index (χ2v) is 5.20. The number of benzene rings is 2. The molecule has 25 heavy (non-hydrogen) atoms. The lowest BCUT2D eigenvalue weighted by Gasteiger charge is -2.22. The number of carbonyl (C=O) groups is 2. The fourth-order valence-corrected chi connectivity index (χ4v) is 2.27. The summed E-state index contributed by atoms with van der Waals surface area (Å²) >= 11 is 0. The topological polar surface area (TPSA) is 99.2 Å². The Morgan fingerprint density at radius 1 is 1.20 bits per heavy atom. The molecule has 0 fully saturated rings. The van der Waals surface area contributed by atoms with Gasteiger partial charge >= 0.3 is 0 Å². The van der Waals surface area contributed by atoms with Crippen LogP contribution in [-0.4, -0.2) is 24.9 Å². The lowest BCUT2D eigenvalue weighted by Crippen LogP contribution is -2.36. The van der Waals surface area contributed by atoms with Crippen LogP contribution in [0.2, 0.25) is 0 Å². The highest BCUT2D eigenvalue weighted by Crippen LogP contribution is 2.16. The van der Waals surface area contributed by atoms with Gasteiger partial charge in [0.25, 0.3) is 5.91 Å². The number of hydrogen-bond donors (Lipinski definition) is 2. The van der Waals surface area contributed by atoms with Gasteiger partial charge in [-0.3, -0.25) is 9.59 Å². The fraction of sp³-hybridized carbons (Fsp3) is 0.167. The number of nitrogens with zero attached hydrogens (tertiary/aromatic N) is 2. The maximum atomic E-state index is 13.7. The highest BCUT2D eigenvalue weighted by molar-refractivity contribution is 5.96. The summed E-state index contributed by atoms with van der Waals surface area (Å²) in [4.78, 5) is 25.0. The molecule has 0 unspecified atom stereocenters. The zero-order chi connectivity index (χ0) is 18.2. The van der Waals surface area contributed by atoms with Crippen LogP contribution in [-0.2, 0) is 4.79 Å². The molecule has 6 nitrogen and oxygen atoms in total. The van der Waals surface area contributed by atoms with Crippen LogP contribution in [0.25, 0.3) is 0 Å². The molecule has 0 saturated heterocycles. The number of amides is 2. The normalized spacial score (nSPS) is 9.92. The molecule has 128 valence electrons. The summed E-state index contributed by atoms with van der Waals surface area (Å²) in [6, 6.07) is 14.8. The molecule has 0 spiro atoms. The van der Waals surface area contributed by atoms with E-state index in [2.05, 4.69) is 5.32 Å². The molecule has 0 atom stereocenters. The summed E-state index contributed by atoms with van der Waals surface area (Å²) in [7, 11) is 0. The highest BCUT2D eigenvalue weighted by Gasteiger charge is 2.15. The Morgan fingerprint density at radius 3 is 2.52 bits per heavy atom. The van der Waals surface area contributed by atoms with Crippen LogP contribution >= 0.6 is 0 Å². The van der Waals surface area contributed by atoms with Crippen molar-refractivity contribution in [2.45, 2.75) is 6.42 Å². The second-order valence-electron chi connectivity index (χ2n) is 5.20. The number of hydrogen-bond acceptors (Lipinski definition) is 4. The number of primary amides is 1. The van der Waals surface area contributed by atoms with E-state index >= 15 is 0 Å². The number of rotatable bonds is 7. The van der Waals surface area contributed by atoms with Gasteiger partial charge in [0.1, 0.15) is 5.82 Å². The third-order valence-electron chi connectivity index (χ3n) is 3.49. The third kappa shape index (κ3) is 4.78. The molecule has 2 rings (SSSR count). The molecule has 0 aliphatic carbocycles. The number of nitriles is 1. The van der Waals surface area contributed by atoms with Crippen molar-refractivity contribution in [1.82, 2.24) is 0 Å². The predicted molar refractivity (Wildman–Crippen MR) is 92.4 cm³/mol. The maximum Gasteiger partial charge on any atom is 0.251 e. The van der Waals surface area contributed by atoms with Crippen LogP contribution in [0.5, 0.6) is 0 Å². The van der Waals surface area contributed by atoms with E-state index in [4.69, 9.17) is 11.0 Å². The zero-order valence-electron chi connectivity index (χ0n) is 13.4. The van der Waals surface area contributed by atoms with Crippen LogP contribution < -0.4 is 16.0 Å². The minimum Gasteiger partial charge on any atom is -0.376 e. The Balaban J connectivity index is 2.07. The van der Waals surface area contributed by atoms with Crippen molar-refractivity contribution in [2.24, 2.45) is 5.73 Å². The molecule has 2 aromatic rings. The molecular formula is C18H17FN4O2. The Labute approximate surface area is 144 Å². The van der Waals surface area contributed by atoms with Crippen molar-refractivity contribution in [1.29, 1.82) is 5.26 Å². The largest absolute Gasteiger partial charge is 0.376 e. The van der Waals surface area contributed by atoms with E-state index in [1.54, 1.807) is 24.3 Å². The second kappa shape index (κ2) is 8.45. The summed E-state index contributed by atoms with van der Waals surface area (Å²) in [5.74, 6) is -1.87. The van der Waals surface area contributed by atoms with Crippen molar-refractivity contribution in [3.05, 3.63) is 59.9 Å². The van der Waals surface area contributed by atoms with E-state index in [0.29, 0.717) is 11.4 Å². The van der Waals surface area contributed by atoms with Crippen LogP contribution in [0.15, 0.2) is 48.5 Å². The van der Waals surface area contributed by atoms with Crippen LogP contribution in [0.1, 0.15) is 16.8 Å². The summed E-state index contributed by atoms with van der Waals surface area (Å²) < 4.78 is 13.7. The quantitative estimate of drug-likeness (QED) is 0.807. The minimum absolute atomic E-state index is 0.0876. The van der Waals surface area contributed by atoms with Gasteiger partial charge in [0.05, 0.1) is 24.6 Å². The van der Waals surface area contributed by atoms with Crippen molar-refractivity contribution in [2.75, 3.05) is 23.3 Å². The van der Waals surface area contributed by atoms with Crippen LogP contribution in [0, 0.1) is 17.1 Å². The lowest BCUT2D eigenvalue weighted by atomic mass is 10.2. The van der Waals surface area contributed by atoms with Gasteiger partial charge in [-0.15, -0.1) is 0 Å². The molecular weight excluding hydrogens is 323 g/mol. The van der Waals surface area contributed by atoms with Crippen molar-refractivity contribution < 1.29 is 14.0 Å². The average molecular weight is 340 g/mol. The van der Waals surface area contributed by atoms with Gasteiger partial charge in [0, 0.05) is 17.9 Å². The molecule has 0 bridgehead atoms. The molecule has 0 saturated carbocycles. The van der Waals surface area contributed by atoms with Crippen molar-refractivity contribution in [3.63, 3.8) is 0 Å². The van der Waals surface area contributed by atoms with Gasteiger partial charge in [-0.05, 0) is 30.3 Å². The van der Waals surface area contributed by atoms with Gasteiger partial charge in [-0.2, -0.15) is 5.26 Å². The number of para-hydroxylation sites is 1. The Bertz CT molecular complexity index is 802. The Kier molecular flexibility index (Phi) is 6.07. The van der Waals surface area contributed by atoms with E-state index in [9.17, 15) is 14.0 Å². The molecule has 0 aliphatic heterocycles. The SMILES string of the molecule is N#CCCN(C(=O)CNc1ccc(C(N)=O)c(F)c1)c1ccccc1. The first-order valence-corrected chi connectivity index (χ1v) is 7.58.